The number of rotatable bonds is 7. The van der Waals surface area contributed by atoms with Crippen LogP contribution in [0.4, 0.5) is 0 Å². The highest BCUT2D eigenvalue weighted by molar-refractivity contribution is 5.71. The maximum Gasteiger partial charge on any atom is 0.320 e. The van der Waals surface area contributed by atoms with Crippen molar-refractivity contribution in [1.82, 2.24) is 4.90 Å². The second-order valence-corrected chi connectivity index (χ2v) is 3.86. The molecule has 84 valence electrons. The Morgan fingerprint density at radius 2 is 2.00 bits per heavy atom. The zero-order valence-corrected chi connectivity index (χ0v) is 9.88. The molecular weight excluding hydrogens is 178 g/mol. The van der Waals surface area contributed by atoms with Crippen LogP contribution in [-0.4, -0.2) is 37.1 Å². The van der Waals surface area contributed by atoms with Crippen molar-refractivity contribution < 1.29 is 9.53 Å². The predicted octanol–water partition coefficient (Wildman–Crippen LogP) is 1.92. The van der Waals surface area contributed by atoms with E-state index < -0.39 is 0 Å². The molecule has 3 heteroatoms. The van der Waals surface area contributed by atoms with Crippen molar-refractivity contribution in [2.24, 2.45) is 5.92 Å². The van der Waals surface area contributed by atoms with Gasteiger partial charge in [-0.05, 0) is 32.4 Å². The first kappa shape index (κ1) is 13.4. The molecule has 0 aromatic rings. The number of esters is 1. The fraction of sp³-hybridized carbons (Fsp3) is 0.909. The van der Waals surface area contributed by atoms with Gasteiger partial charge < -0.3 is 4.74 Å². The summed E-state index contributed by atoms with van der Waals surface area (Å²) in [7, 11) is 0. The lowest BCUT2D eigenvalue weighted by Gasteiger charge is -2.19. The van der Waals surface area contributed by atoms with Crippen LogP contribution in [0.15, 0.2) is 0 Å². The molecule has 0 aliphatic heterocycles. The third-order valence-corrected chi connectivity index (χ3v) is 2.13. The molecule has 0 saturated carbocycles. The second-order valence-electron chi connectivity index (χ2n) is 3.86. The zero-order valence-electron chi connectivity index (χ0n) is 9.88. The molecule has 0 saturated heterocycles. The van der Waals surface area contributed by atoms with Crippen molar-refractivity contribution in [1.29, 1.82) is 0 Å². The van der Waals surface area contributed by atoms with Crippen LogP contribution < -0.4 is 0 Å². The molecule has 0 amide bonds. The van der Waals surface area contributed by atoms with Crippen molar-refractivity contribution in [2.75, 3.05) is 26.2 Å². The highest BCUT2D eigenvalue weighted by Gasteiger charge is 2.09. The van der Waals surface area contributed by atoms with E-state index in [9.17, 15) is 4.79 Å². The summed E-state index contributed by atoms with van der Waals surface area (Å²) in [6, 6.07) is 0. The number of hydrogen-bond donors (Lipinski definition) is 0. The van der Waals surface area contributed by atoms with Crippen molar-refractivity contribution >= 4 is 5.97 Å². The SMILES string of the molecule is CCOC(=O)CN(CC)CCC(C)C. The minimum absolute atomic E-state index is 0.113. The summed E-state index contributed by atoms with van der Waals surface area (Å²) >= 11 is 0. The third kappa shape index (κ3) is 6.89. The molecule has 0 bridgehead atoms. The minimum Gasteiger partial charge on any atom is -0.465 e. The molecule has 0 fully saturated rings. The monoisotopic (exact) mass is 201 g/mol. The van der Waals surface area contributed by atoms with Gasteiger partial charge in [-0.3, -0.25) is 9.69 Å². The van der Waals surface area contributed by atoms with Crippen LogP contribution in [0.1, 0.15) is 34.1 Å². The lowest BCUT2D eigenvalue weighted by atomic mass is 10.1. The molecule has 0 unspecified atom stereocenters. The fourth-order valence-electron chi connectivity index (χ4n) is 1.18. The van der Waals surface area contributed by atoms with Crippen LogP contribution in [0.5, 0.6) is 0 Å². The molecule has 0 rings (SSSR count). The van der Waals surface area contributed by atoms with Gasteiger partial charge in [0, 0.05) is 0 Å². The number of likely N-dealkylation sites (N-methyl/N-ethyl adjacent to an activating group) is 1. The molecule has 0 aliphatic rings. The number of hydrogen-bond acceptors (Lipinski definition) is 3. The van der Waals surface area contributed by atoms with Crippen LogP contribution in [-0.2, 0) is 9.53 Å². The minimum atomic E-state index is -0.113. The Hall–Kier alpha value is -0.570. The first-order valence-corrected chi connectivity index (χ1v) is 5.48. The lowest BCUT2D eigenvalue weighted by Crippen LogP contribution is -2.32. The van der Waals surface area contributed by atoms with E-state index in [1.165, 1.54) is 0 Å². The highest BCUT2D eigenvalue weighted by Crippen LogP contribution is 2.01. The summed E-state index contributed by atoms with van der Waals surface area (Å²) in [4.78, 5) is 13.3. The molecule has 3 nitrogen and oxygen atoms in total. The number of carbonyl (C=O) groups is 1. The fourth-order valence-corrected chi connectivity index (χ4v) is 1.18. The van der Waals surface area contributed by atoms with Gasteiger partial charge >= 0.3 is 5.97 Å². The summed E-state index contributed by atoms with van der Waals surface area (Å²) in [5.74, 6) is 0.573. The standard InChI is InChI=1S/C11H23NO2/c1-5-12(8-7-10(3)4)9-11(13)14-6-2/h10H,5-9H2,1-4H3. The topological polar surface area (TPSA) is 29.5 Å². The van der Waals surface area contributed by atoms with Gasteiger partial charge in [0.1, 0.15) is 0 Å². The Balaban J connectivity index is 3.72. The molecule has 0 aromatic carbocycles. The van der Waals surface area contributed by atoms with Crippen LogP contribution >= 0.6 is 0 Å². The van der Waals surface area contributed by atoms with Gasteiger partial charge in [-0.15, -0.1) is 0 Å². The summed E-state index contributed by atoms with van der Waals surface area (Å²) in [5, 5.41) is 0. The number of ether oxygens (including phenoxy) is 1. The Labute approximate surface area is 87.4 Å². The van der Waals surface area contributed by atoms with Crippen molar-refractivity contribution in [2.45, 2.75) is 34.1 Å². The Kier molecular flexibility index (Phi) is 7.48. The van der Waals surface area contributed by atoms with E-state index in [-0.39, 0.29) is 5.97 Å². The van der Waals surface area contributed by atoms with Crippen LogP contribution in [0, 0.1) is 5.92 Å². The van der Waals surface area contributed by atoms with Crippen LogP contribution in [0.25, 0.3) is 0 Å². The zero-order chi connectivity index (χ0) is 11.0. The van der Waals surface area contributed by atoms with Crippen molar-refractivity contribution in [3.05, 3.63) is 0 Å². The number of carbonyl (C=O) groups excluding carboxylic acids is 1. The lowest BCUT2D eigenvalue weighted by molar-refractivity contribution is -0.144. The van der Waals surface area contributed by atoms with E-state index in [0.717, 1.165) is 19.5 Å². The summed E-state index contributed by atoms with van der Waals surface area (Å²) in [5.41, 5.74) is 0. The highest BCUT2D eigenvalue weighted by atomic mass is 16.5. The summed E-state index contributed by atoms with van der Waals surface area (Å²) < 4.78 is 4.90. The van der Waals surface area contributed by atoms with E-state index in [0.29, 0.717) is 19.1 Å². The molecule has 14 heavy (non-hydrogen) atoms. The van der Waals surface area contributed by atoms with Crippen molar-refractivity contribution in [3.63, 3.8) is 0 Å². The van der Waals surface area contributed by atoms with Gasteiger partial charge in [-0.1, -0.05) is 20.8 Å². The smallest absolute Gasteiger partial charge is 0.320 e. The van der Waals surface area contributed by atoms with Gasteiger partial charge in [-0.2, -0.15) is 0 Å². The van der Waals surface area contributed by atoms with Gasteiger partial charge in [0.25, 0.3) is 0 Å². The summed E-state index contributed by atoms with van der Waals surface area (Å²) in [6.45, 7) is 11.1. The van der Waals surface area contributed by atoms with Crippen LogP contribution in [0.3, 0.4) is 0 Å². The van der Waals surface area contributed by atoms with E-state index in [4.69, 9.17) is 4.74 Å². The maximum absolute atomic E-state index is 11.2. The predicted molar refractivity (Wildman–Crippen MR) is 58.2 cm³/mol. The second kappa shape index (κ2) is 7.80. The molecule has 0 N–H and O–H groups in total. The molecule has 0 radical (unpaired) electrons. The van der Waals surface area contributed by atoms with Gasteiger partial charge in [0.15, 0.2) is 0 Å². The van der Waals surface area contributed by atoms with E-state index in [1.54, 1.807) is 0 Å². The first-order chi connectivity index (χ1) is 6.60. The molecule has 0 spiro atoms. The number of nitrogens with zero attached hydrogens (tertiary/aromatic N) is 1. The van der Waals surface area contributed by atoms with Crippen molar-refractivity contribution in [3.8, 4) is 0 Å². The molecule has 0 aliphatic carbocycles. The van der Waals surface area contributed by atoms with E-state index in [1.807, 2.05) is 6.92 Å². The van der Waals surface area contributed by atoms with E-state index >= 15 is 0 Å². The normalized spacial score (nSPS) is 11.0. The largest absolute Gasteiger partial charge is 0.465 e. The van der Waals surface area contributed by atoms with Gasteiger partial charge in [0.2, 0.25) is 0 Å². The van der Waals surface area contributed by atoms with Gasteiger partial charge in [-0.25, -0.2) is 0 Å². The van der Waals surface area contributed by atoms with E-state index in [2.05, 4.69) is 25.7 Å². The summed E-state index contributed by atoms with van der Waals surface area (Å²) in [6.07, 6.45) is 1.13. The van der Waals surface area contributed by atoms with Gasteiger partial charge in [0.05, 0.1) is 13.2 Å². The van der Waals surface area contributed by atoms with Crippen LogP contribution in [0.2, 0.25) is 0 Å². The Morgan fingerprint density at radius 3 is 2.43 bits per heavy atom. The average Bonchev–Trinajstić information content (AvgIpc) is 2.12. The molecule has 0 atom stereocenters. The molecular formula is C11H23NO2. The third-order valence-electron chi connectivity index (χ3n) is 2.13. The Bertz CT molecular complexity index is 157. The maximum atomic E-state index is 11.2. The quantitative estimate of drug-likeness (QED) is 0.589. The molecule has 0 heterocycles. The first-order valence-electron chi connectivity index (χ1n) is 5.48. The Morgan fingerprint density at radius 1 is 1.36 bits per heavy atom. The average molecular weight is 201 g/mol. The molecule has 0 aromatic heterocycles.